The molecule has 4 rings (SSSR count). The molecule has 2 aromatic carbocycles. The molecule has 0 radical (unpaired) electrons. The summed E-state index contributed by atoms with van der Waals surface area (Å²) in [5.74, 6) is 0.761. The minimum atomic E-state index is -2.55. The zero-order chi connectivity index (χ0) is 32.4. The summed E-state index contributed by atoms with van der Waals surface area (Å²) >= 11 is 0. The van der Waals surface area contributed by atoms with Crippen LogP contribution in [0.4, 0.5) is 0 Å². The van der Waals surface area contributed by atoms with Crippen molar-refractivity contribution in [2.75, 3.05) is 45.8 Å². The van der Waals surface area contributed by atoms with Crippen LogP contribution < -0.4 is 10.6 Å². The zero-order valence-corrected chi connectivity index (χ0v) is 31.6. The Hall–Kier alpha value is -0.976. The second-order valence-corrected chi connectivity index (χ2v) is 19.1. The summed E-state index contributed by atoms with van der Waals surface area (Å²) in [4.78, 5) is 0. The van der Waals surface area contributed by atoms with E-state index in [-0.39, 0.29) is 7.92 Å². The maximum Gasteiger partial charge on any atom is 0.500 e. The SMILES string of the molecule is CCO[Si](CCC1CCC2OC2C1)(OCC)OCC.CCO[Si](CCCP(c1ccccc1)c1ccccc1)(OCC)OCC. The van der Waals surface area contributed by atoms with E-state index in [1.165, 1.54) is 29.9 Å². The van der Waals surface area contributed by atoms with E-state index in [1.54, 1.807) is 0 Å². The Kier molecular flexibility index (Phi) is 18.0. The topological polar surface area (TPSA) is 67.9 Å². The van der Waals surface area contributed by atoms with Crippen molar-refractivity contribution in [1.29, 1.82) is 0 Å². The largest absolute Gasteiger partial charge is 0.500 e. The van der Waals surface area contributed by atoms with E-state index in [0.717, 1.165) is 37.0 Å². The first-order chi connectivity index (χ1) is 22.0. The summed E-state index contributed by atoms with van der Waals surface area (Å²) < 4.78 is 41.3. The van der Waals surface area contributed by atoms with Crippen molar-refractivity contribution in [3.05, 3.63) is 60.7 Å². The van der Waals surface area contributed by atoms with Crippen LogP contribution in [-0.4, -0.2) is 75.6 Å². The first-order valence-electron chi connectivity index (χ1n) is 17.3. The number of epoxide rings is 1. The van der Waals surface area contributed by atoms with Crippen molar-refractivity contribution in [3.63, 3.8) is 0 Å². The third-order valence-corrected chi connectivity index (χ3v) is 17.0. The molecule has 0 N–H and O–H groups in total. The molecule has 1 saturated heterocycles. The molecule has 0 spiro atoms. The highest BCUT2D eigenvalue weighted by Gasteiger charge is 2.46. The van der Waals surface area contributed by atoms with E-state index in [1.807, 2.05) is 41.5 Å². The van der Waals surface area contributed by atoms with Crippen LogP contribution in [0.5, 0.6) is 0 Å². The fourth-order valence-corrected chi connectivity index (χ4v) is 14.2. The van der Waals surface area contributed by atoms with Crippen molar-refractivity contribution >= 4 is 36.1 Å². The first kappa shape index (κ1) is 38.5. The molecule has 10 heteroatoms. The molecule has 3 atom stereocenters. The molecule has 254 valence electrons. The highest BCUT2D eigenvalue weighted by atomic mass is 31.1. The van der Waals surface area contributed by atoms with E-state index in [0.29, 0.717) is 51.8 Å². The predicted molar refractivity (Wildman–Crippen MR) is 190 cm³/mol. The molecule has 0 bridgehead atoms. The monoisotopic (exact) mass is 678 g/mol. The minimum Gasteiger partial charge on any atom is -0.374 e. The molecule has 2 fully saturated rings. The molecule has 2 aromatic rings. The number of fused-ring (bicyclic) bond motifs is 1. The summed E-state index contributed by atoms with van der Waals surface area (Å²) in [5.41, 5.74) is 0. The van der Waals surface area contributed by atoms with E-state index >= 15 is 0 Å². The second kappa shape index (κ2) is 21.1. The summed E-state index contributed by atoms with van der Waals surface area (Å²) in [7, 11) is -5.36. The lowest BCUT2D eigenvalue weighted by molar-refractivity contribution is 0.0688. The van der Waals surface area contributed by atoms with E-state index in [9.17, 15) is 0 Å². The van der Waals surface area contributed by atoms with E-state index in [4.69, 9.17) is 31.3 Å². The summed E-state index contributed by atoms with van der Waals surface area (Å²) in [6.45, 7) is 16.0. The van der Waals surface area contributed by atoms with Crippen LogP contribution in [0, 0.1) is 5.92 Å². The standard InChI is InChI=1S/C21H31O3PSi.C14H28O4Si/c1-4-22-26(23-5-2,24-6-3)19-13-18-25(20-14-9-7-10-15-20)21-16-11-8-12-17-21;1-4-15-19(16-5-2,17-6-3)10-9-12-7-8-13-14(11-12)18-13/h7-12,14-17H,4-6,13,18-19H2,1-3H3;12-14H,4-11H2,1-3H3. The number of benzene rings is 2. The highest BCUT2D eigenvalue weighted by Crippen LogP contribution is 2.42. The molecule has 0 amide bonds. The van der Waals surface area contributed by atoms with Crippen molar-refractivity contribution in [3.8, 4) is 0 Å². The van der Waals surface area contributed by atoms with Gasteiger partial charge in [0.25, 0.3) is 0 Å². The average molecular weight is 679 g/mol. The second-order valence-electron chi connectivity index (χ2n) is 11.3. The van der Waals surface area contributed by atoms with E-state index in [2.05, 4.69) is 60.7 Å². The third kappa shape index (κ3) is 12.9. The Labute approximate surface area is 277 Å². The Morgan fingerprint density at radius 3 is 1.47 bits per heavy atom. The summed E-state index contributed by atoms with van der Waals surface area (Å²) in [6, 6.07) is 23.5. The van der Waals surface area contributed by atoms with Crippen LogP contribution >= 0.6 is 7.92 Å². The van der Waals surface area contributed by atoms with Gasteiger partial charge in [-0.05, 0) is 104 Å². The molecule has 45 heavy (non-hydrogen) atoms. The lowest BCUT2D eigenvalue weighted by atomic mass is 9.88. The van der Waals surface area contributed by atoms with Gasteiger partial charge in [0.1, 0.15) is 0 Å². The predicted octanol–water partition coefficient (Wildman–Crippen LogP) is 7.55. The molecular formula is C35H59O7PSi2. The third-order valence-electron chi connectivity index (χ3n) is 8.16. The fraction of sp³-hybridized carbons (Fsp3) is 0.657. The van der Waals surface area contributed by atoms with Gasteiger partial charge in [0.05, 0.1) is 12.2 Å². The number of ether oxygens (including phenoxy) is 1. The van der Waals surface area contributed by atoms with Gasteiger partial charge >= 0.3 is 17.6 Å². The highest BCUT2D eigenvalue weighted by molar-refractivity contribution is 7.73. The van der Waals surface area contributed by atoms with Gasteiger partial charge in [-0.15, -0.1) is 0 Å². The van der Waals surface area contributed by atoms with Gasteiger partial charge in [0, 0.05) is 51.7 Å². The van der Waals surface area contributed by atoms with Crippen LogP contribution in [0.15, 0.2) is 60.7 Å². The lowest BCUT2D eigenvalue weighted by Crippen LogP contribution is -2.46. The zero-order valence-electron chi connectivity index (χ0n) is 28.7. The van der Waals surface area contributed by atoms with Gasteiger partial charge in [-0.3, -0.25) is 0 Å². The van der Waals surface area contributed by atoms with Gasteiger partial charge in [0.2, 0.25) is 0 Å². The summed E-state index contributed by atoms with van der Waals surface area (Å²) in [6.07, 6.45) is 8.20. The van der Waals surface area contributed by atoms with Gasteiger partial charge in [-0.25, -0.2) is 0 Å². The lowest BCUT2D eigenvalue weighted by Gasteiger charge is -2.30. The molecule has 1 aliphatic carbocycles. The number of hydrogen-bond acceptors (Lipinski definition) is 7. The molecule has 7 nitrogen and oxygen atoms in total. The van der Waals surface area contributed by atoms with Crippen molar-refractivity contribution < 1.29 is 31.3 Å². The molecule has 1 aliphatic heterocycles. The van der Waals surface area contributed by atoms with Gasteiger partial charge in [0.15, 0.2) is 0 Å². The quantitative estimate of drug-likeness (QED) is 0.0768. The molecular weight excluding hydrogens is 620 g/mol. The molecule has 2 aliphatic rings. The smallest absolute Gasteiger partial charge is 0.374 e. The van der Waals surface area contributed by atoms with Crippen LogP contribution in [-0.2, 0) is 31.3 Å². The normalized spacial score (nSPS) is 19.6. The Morgan fingerprint density at radius 2 is 1.04 bits per heavy atom. The molecule has 1 saturated carbocycles. The van der Waals surface area contributed by atoms with Crippen LogP contribution in [0.3, 0.4) is 0 Å². The van der Waals surface area contributed by atoms with Crippen molar-refractivity contribution in [2.45, 2.75) is 97.9 Å². The maximum atomic E-state index is 6.01. The van der Waals surface area contributed by atoms with Crippen LogP contribution in [0.1, 0.15) is 73.6 Å². The minimum absolute atomic E-state index is 0.376. The maximum absolute atomic E-state index is 6.01. The fourth-order valence-electron chi connectivity index (χ4n) is 6.21. The average Bonchev–Trinajstić information content (AvgIpc) is 3.83. The molecule has 0 aromatic heterocycles. The Balaban J connectivity index is 0.000000257. The van der Waals surface area contributed by atoms with Gasteiger partial charge in [-0.2, -0.15) is 0 Å². The number of hydrogen-bond donors (Lipinski definition) is 0. The van der Waals surface area contributed by atoms with Crippen LogP contribution in [0.2, 0.25) is 12.1 Å². The van der Waals surface area contributed by atoms with Crippen LogP contribution in [0.25, 0.3) is 0 Å². The van der Waals surface area contributed by atoms with Crippen molar-refractivity contribution in [2.24, 2.45) is 5.92 Å². The Morgan fingerprint density at radius 1 is 0.600 bits per heavy atom. The number of rotatable bonds is 21. The summed E-state index contributed by atoms with van der Waals surface area (Å²) in [5, 5.41) is 2.84. The first-order valence-corrected chi connectivity index (χ1v) is 22.7. The Bertz CT molecular complexity index is 962. The molecule has 3 unspecified atom stereocenters. The van der Waals surface area contributed by atoms with Gasteiger partial charge < -0.3 is 31.3 Å². The van der Waals surface area contributed by atoms with E-state index < -0.39 is 17.6 Å². The molecule has 1 heterocycles. The van der Waals surface area contributed by atoms with Gasteiger partial charge in [-0.1, -0.05) is 60.7 Å². The van der Waals surface area contributed by atoms with Crippen molar-refractivity contribution in [1.82, 2.24) is 0 Å².